The lowest BCUT2D eigenvalue weighted by Gasteiger charge is -2.19. The maximum atomic E-state index is 12.7. The molecular formula is C19H22ClN3O7S. The van der Waals surface area contributed by atoms with Crippen LogP contribution in [0.25, 0.3) is 0 Å². The fourth-order valence-electron chi connectivity index (χ4n) is 2.71. The van der Waals surface area contributed by atoms with Gasteiger partial charge in [0.05, 0.1) is 27.6 Å². The minimum atomic E-state index is -3.73. The second kappa shape index (κ2) is 10.4. The molecule has 0 aromatic heterocycles. The average Bonchev–Trinajstić information content (AvgIpc) is 2.73. The smallest absolute Gasteiger partial charge is 0.271 e. The van der Waals surface area contributed by atoms with Crippen LogP contribution in [0.5, 0.6) is 11.5 Å². The van der Waals surface area contributed by atoms with Gasteiger partial charge in [0.1, 0.15) is 11.5 Å². The number of carbonyl (C=O) groups excluding carboxylic acids is 1. The van der Waals surface area contributed by atoms with Crippen LogP contribution in [0.3, 0.4) is 0 Å². The summed E-state index contributed by atoms with van der Waals surface area (Å²) in [4.78, 5) is 22.5. The van der Waals surface area contributed by atoms with E-state index in [4.69, 9.17) is 21.1 Å². The summed E-state index contributed by atoms with van der Waals surface area (Å²) in [6.07, 6.45) is 0. The summed E-state index contributed by atoms with van der Waals surface area (Å²) in [5, 5.41) is 13.3. The van der Waals surface area contributed by atoms with Crippen LogP contribution in [0.2, 0.25) is 5.02 Å². The molecule has 1 N–H and O–H groups in total. The standard InChI is InChI=1S/C19H22ClN3O7S/c1-4-22(5-2)31(27,28)14-7-9-18(29-3)16(11-14)21-19(24)12-30-17-8-6-13(23(25)26)10-15(17)20/h6-11H,4-5,12H2,1-3H3,(H,21,24). The Labute approximate surface area is 184 Å². The molecular weight excluding hydrogens is 450 g/mol. The summed E-state index contributed by atoms with van der Waals surface area (Å²) in [5.41, 5.74) is -0.0584. The molecule has 1 amide bonds. The molecule has 0 saturated carbocycles. The molecule has 0 radical (unpaired) electrons. The number of nitro groups is 1. The molecule has 2 aromatic rings. The number of ether oxygens (including phenoxy) is 2. The van der Waals surface area contributed by atoms with Crippen LogP contribution in [-0.2, 0) is 14.8 Å². The number of carbonyl (C=O) groups is 1. The first kappa shape index (κ1) is 24.4. The molecule has 0 aliphatic carbocycles. The number of rotatable bonds is 10. The number of nitrogens with zero attached hydrogens (tertiary/aromatic N) is 2. The largest absolute Gasteiger partial charge is 0.495 e. The molecule has 31 heavy (non-hydrogen) atoms. The molecule has 0 unspecified atom stereocenters. The third-order valence-electron chi connectivity index (χ3n) is 4.27. The van der Waals surface area contributed by atoms with Crippen LogP contribution >= 0.6 is 11.6 Å². The third kappa shape index (κ3) is 5.84. The SMILES string of the molecule is CCN(CC)S(=O)(=O)c1ccc(OC)c(NC(=O)COc2ccc([N+](=O)[O-])cc2Cl)c1. The number of hydrogen-bond donors (Lipinski definition) is 1. The second-order valence-corrected chi connectivity index (χ2v) is 8.51. The predicted octanol–water partition coefficient (Wildman–Crippen LogP) is 3.30. The number of hydrogen-bond acceptors (Lipinski definition) is 7. The first-order valence-electron chi connectivity index (χ1n) is 9.18. The van der Waals surface area contributed by atoms with Crippen molar-refractivity contribution in [2.24, 2.45) is 0 Å². The fourth-order valence-corrected chi connectivity index (χ4v) is 4.42. The van der Waals surface area contributed by atoms with E-state index >= 15 is 0 Å². The molecule has 2 aromatic carbocycles. The van der Waals surface area contributed by atoms with Gasteiger partial charge in [-0.3, -0.25) is 14.9 Å². The first-order chi connectivity index (χ1) is 14.6. The lowest BCUT2D eigenvalue weighted by atomic mass is 10.3. The lowest BCUT2D eigenvalue weighted by Crippen LogP contribution is -2.30. The van der Waals surface area contributed by atoms with Crippen molar-refractivity contribution < 1.29 is 27.6 Å². The number of halogens is 1. The van der Waals surface area contributed by atoms with E-state index in [9.17, 15) is 23.3 Å². The Morgan fingerprint density at radius 3 is 2.35 bits per heavy atom. The van der Waals surface area contributed by atoms with Crippen LogP contribution in [0.1, 0.15) is 13.8 Å². The van der Waals surface area contributed by atoms with E-state index in [1.807, 2.05) is 0 Å². The fraction of sp³-hybridized carbons (Fsp3) is 0.316. The van der Waals surface area contributed by atoms with Crippen molar-refractivity contribution in [3.8, 4) is 11.5 Å². The first-order valence-corrected chi connectivity index (χ1v) is 11.0. The average molecular weight is 472 g/mol. The minimum Gasteiger partial charge on any atom is -0.495 e. The highest BCUT2D eigenvalue weighted by atomic mass is 35.5. The highest BCUT2D eigenvalue weighted by Gasteiger charge is 2.23. The van der Waals surface area contributed by atoms with Gasteiger partial charge in [0.15, 0.2) is 6.61 Å². The van der Waals surface area contributed by atoms with E-state index in [1.165, 1.54) is 41.7 Å². The molecule has 10 nitrogen and oxygen atoms in total. The van der Waals surface area contributed by atoms with E-state index in [0.29, 0.717) is 13.1 Å². The number of anilines is 1. The summed E-state index contributed by atoms with van der Waals surface area (Å²) in [6.45, 7) is 3.60. The molecule has 2 rings (SSSR count). The normalized spacial score (nSPS) is 11.3. The van der Waals surface area contributed by atoms with E-state index in [0.717, 1.165) is 6.07 Å². The Morgan fingerprint density at radius 2 is 1.81 bits per heavy atom. The third-order valence-corrected chi connectivity index (χ3v) is 6.61. The van der Waals surface area contributed by atoms with E-state index in [-0.39, 0.29) is 32.8 Å². The van der Waals surface area contributed by atoms with E-state index in [1.54, 1.807) is 13.8 Å². The van der Waals surface area contributed by atoms with Crippen molar-refractivity contribution in [2.45, 2.75) is 18.7 Å². The number of non-ortho nitro benzene ring substituents is 1. The van der Waals surface area contributed by atoms with Crippen LogP contribution in [0.15, 0.2) is 41.3 Å². The summed E-state index contributed by atoms with van der Waals surface area (Å²) >= 11 is 5.94. The van der Waals surface area contributed by atoms with Gasteiger partial charge in [-0.15, -0.1) is 0 Å². The Hall–Kier alpha value is -2.89. The maximum Gasteiger partial charge on any atom is 0.271 e. The molecule has 12 heteroatoms. The van der Waals surface area contributed by atoms with Gasteiger partial charge in [0.25, 0.3) is 11.6 Å². The van der Waals surface area contributed by atoms with E-state index < -0.39 is 27.5 Å². The molecule has 0 fully saturated rings. The minimum absolute atomic E-state index is 0.00614. The van der Waals surface area contributed by atoms with Crippen molar-refractivity contribution in [3.05, 3.63) is 51.5 Å². The Bertz CT molecular complexity index is 1070. The van der Waals surface area contributed by atoms with Crippen LogP contribution in [-0.4, -0.2) is 50.4 Å². The number of nitrogens with one attached hydrogen (secondary N) is 1. The Morgan fingerprint density at radius 1 is 1.16 bits per heavy atom. The molecule has 0 saturated heterocycles. The molecule has 0 atom stereocenters. The van der Waals surface area contributed by atoms with Crippen LogP contribution < -0.4 is 14.8 Å². The van der Waals surface area contributed by atoms with Gasteiger partial charge in [-0.1, -0.05) is 25.4 Å². The van der Waals surface area contributed by atoms with Gasteiger partial charge in [-0.05, 0) is 24.3 Å². The summed E-state index contributed by atoms with van der Waals surface area (Å²) in [6, 6.07) is 7.74. The van der Waals surface area contributed by atoms with Crippen LogP contribution in [0.4, 0.5) is 11.4 Å². The van der Waals surface area contributed by atoms with Gasteiger partial charge >= 0.3 is 0 Å². The van der Waals surface area contributed by atoms with Gasteiger partial charge in [-0.2, -0.15) is 4.31 Å². The molecule has 0 spiro atoms. The number of amides is 1. The monoisotopic (exact) mass is 471 g/mol. The molecule has 0 heterocycles. The van der Waals surface area contributed by atoms with E-state index in [2.05, 4.69) is 5.32 Å². The van der Waals surface area contributed by atoms with Gasteiger partial charge < -0.3 is 14.8 Å². The zero-order chi connectivity index (χ0) is 23.2. The Balaban J connectivity index is 2.18. The molecule has 0 aliphatic rings. The maximum absolute atomic E-state index is 12.7. The lowest BCUT2D eigenvalue weighted by molar-refractivity contribution is -0.384. The van der Waals surface area contributed by atoms with Crippen molar-refractivity contribution in [3.63, 3.8) is 0 Å². The zero-order valence-electron chi connectivity index (χ0n) is 17.1. The quantitative estimate of drug-likeness (QED) is 0.415. The number of nitro benzene ring substituents is 1. The predicted molar refractivity (Wildman–Crippen MR) is 115 cm³/mol. The highest BCUT2D eigenvalue weighted by Crippen LogP contribution is 2.30. The summed E-state index contributed by atoms with van der Waals surface area (Å²) in [7, 11) is -2.35. The number of methoxy groups -OCH3 is 1. The molecule has 0 bridgehead atoms. The van der Waals surface area contributed by atoms with Crippen molar-refractivity contribution in [1.82, 2.24) is 4.31 Å². The van der Waals surface area contributed by atoms with Gasteiger partial charge in [0.2, 0.25) is 10.0 Å². The number of benzene rings is 2. The van der Waals surface area contributed by atoms with Crippen molar-refractivity contribution in [1.29, 1.82) is 0 Å². The van der Waals surface area contributed by atoms with Gasteiger partial charge in [0, 0.05) is 25.2 Å². The van der Waals surface area contributed by atoms with Gasteiger partial charge in [-0.25, -0.2) is 8.42 Å². The topological polar surface area (TPSA) is 128 Å². The highest BCUT2D eigenvalue weighted by molar-refractivity contribution is 7.89. The molecule has 168 valence electrons. The molecule has 0 aliphatic heterocycles. The van der Waals surface area contributed by atoms with Crippen LogP contribution in [0, 0.1) is 10.1 Å². The zero-order valence-corrected chi connectivity index (χ0v) is 18.7. The summed E-state index contributed by atoms with van der Waals surface area (Å²) < 4.78 is 37.3. The van der Waals surface area contributed by atoms with Crippen molar-refractivity contribution >= 4 is 38.9 Å². The van der Waals surface area contributed by atoms with Crippen molar-refractivity contribution in [2.75, 3.05) is 32.1 Å². The summed E-state index contributed by atoms with van der Waals surface area (Å²) in [5.74, 6) is -0.252. The number of sulfonamides is 1. The second-order valence-electron chi connectivity index (χ2n) is 6.16. The Kier molecular flexibility index (Phi) is 8.20.